The molecule has 0 fully saturated rings. The molecule has 0 saturated heterocycles. The Bertz CT molecular complexity index is 487. The van der Waals surface area contributed by atoms with E-state index in [0.29, 0.717) is 0 Å². The number of nitrogens with two attached hydrogens (primary N) is 1. The molecule has 0 radical (unpaired) electrons. The van der Waals surface area contributed by atoms with Crippen LogP contribution in [0.15, 0.2) is 41.5 Å². The Morgan fingerprint density at radius 1 is 1.14 bits per heavy atom. The van der Waals surface area contributed by atoms with Gasteiger partial charge in [-0.2, -0.15) is 5.10 Å². The largest absolute Gasteiger partial charge is 0.323 e. The fourth-order valence-corrected chi connectivity index (χ4v) is 1.65. The third-order valence-electron chi connectivity index (χ3n) is 2.39. The average molecular weight is 184 g/mol. The molecule has 0 bridgehead atoms. The number of hydrogen-bond donors (Lipinski definition) is 1. The summed E-state index contributed by atoms with van der Waals surface area (Å²) in [6.45, 7) is 2.06. The van der Waals surface area contributed by atoms with Crippen LogP contribution in [-0.4, -0.2) is 6.21 Å². The molecule has 2 aromatic rings. The summed E-state index contributed by atoms with van der Waals surface area (Å²) in [5.41, 5.74) is 2.29. The van der Waals surface area contributed by atoms with E-state index in [-0.39, 0.29) is 0 Å². The van der Waals surface area contributed by atoms with Crippen LogP contribution in [-0.2, 0) is 0 Å². The number of nitrogens with zero attached hydrogens (tertiary/aromatic N) is 1. The van der Waals surface area contributed by atoms with Crippen molar-refractivity contribution in [2.45, 2.75) is 6.92 Å². The van der Waals surface area contributed by atoms with Gasteiger partial charge in [0.2, 0.25) is 0 Å². The predicted molar refractivity (Wildman–Crippen MR) is 60.5 cm³/mol. The zero-order valence-corrected chi connectivity index (χ0v) is 8.07. The molecule has 0 aromatic heterocycles. The maximum Gasteiger partial charge on any atom is 0.0546 e. The highest BCUT2D eigenvalue weighted by molar-refractivity contribution is 6.01. The Morgan fingerprint density at radius 3 is 2.71 bits per heavy atom. The Balaban J connectivity index is 2.82. The van der Waals surface area contributed by atoms with E-state index in [1.165, 1.54) is 16.3 Å². The average Bonchev–Trinajstić information content (AvgIpc) is 2.23. The number of hydrogen-bond acceptors (Lipinski definition) is 2. The van der Waals surface area contributed by atoms with Crippen LogP contribution in [0.25, 0.3) is 10.8 Å². The summed E-state index contributed by atoms with van der Waals surface area (Å²) >= 11 is 0. The Kier molecular flexibility index (Phi) is 2.19. The molecule has 2 heteroatoms. The fraction of sp³-hybridized carbons (Fsp3) is 0.0833. The summed E-state index contributed by atoms with van der Waals surface area (Å²) in [7, 11) is 0. The summed E-state index contributed by atoms with van der Waals surface area (Å²) in [4.78, 5) is 0. The van der Waals surface area contributed by atoms with E-state index in [1.807, 2.05) is 12.1 Å². The molecular formula is C12H12N2. The van der Waals surface area contributed by atoms with Crippen molar-refractivity contribution in [2.75, 3.05) is 0 Å². The summed E-state index contributed by atoms with van der Waals surface area (Å²) in [5, 5.41) is 6.00. The first kappa shape index (κ1) is 8.75. The molecule has 0 spiro atoms. The molecule has 0 unspecified atom stereocenters. The van der Waals surface area contributed by atoms with Gasteiger partial charge >= 0.3 is 0 Å². The van der Waals surface area contributed by atoms with Gasteiger partial charge in [-0.3, -0.25) is 0 Å². The van der Waals surface area contributed by atoms with Crippen molar-refractivity contribution in [1.29, 1.82) is 0 Å². The molecule has 0 atom stereocenters. The van der Waals surface area contributed by atoms with Crippen LogP contribution in [0.2, 0.25) is 0 Å². The van der Waals surface area contributed by atoms with E-state index in [0.717, 1.165) is 5.56 Å². The molecule has 0 aliphatic rings. The van der Waals surface area contributed by atoms with Crippen molar-refractivity contribution in [1.82, 2.24) is 0 Å². The Labute approximate surface area is 83.0 Å². The van der Waals surface area contributed by atoms with E-state index in [1.54, 1.807) is 6.21 Å². The number of hydrazone groups is 1. The van der Waals surface area contributed by atoms with Crippen molar-refractivity contribution in [2.24, 2.45) is 10.9 Å². The monoisotopic (exact) mass is 184 g/mol. The lowest BCUT2D eigenvalue weighted by atomic mass is 10.0. The van der Waals surface area contributed by atoms with Gasteiger partial charge in [0.05, 0.1) is 6.21 Å². The topological polar surface area (TPSA) is 38.4 Å². The molecule has 2 aromatic carbocycles. The van der Waals surface area contributed by atoms with E-state index < -0.39 is 0 Å². The van der Waals surface area contributed by atoms with Gasteiger partial charge in [0, 0.05) is 5.56 Å². The van der Waals surface area contributed by atoms with Crippen LogP contribution in [0.3, 0.4) is 0 Å². The molecule has 70 valence electrons. The van der Waals surface area contributed by atoms with Gasteiger partial charge in [0.1, 0.15) is 0 Å². The third-order valence-corrected chi connectivity index (χ3v) is 2.39. The van der Waals surface area contributed by atoms with Crippen LogP contribution in [0.4, 0.5) is 0 Å². The van der Waals surface area contributed by atoms with Gasteiger partial charge in [0.25, 0.3) is 0 Å². The van der Waals surface area contributed by atoms with Crippen molar-refractivity contribution in [3.05, 3.63) is 47.5 Å². The van der Waals surface area contributed by atoms with E-state index in [4.69, 9.17) is 5.84 Å². The minimum absolute atomic E-state index is 1.10. The molecule has 2 nitrogen and oxygen atoms in total. The van der Waals surface area contributed by atoms with E-state index in [2.05, 4.69) is 36.3 Å². The number of rotatable bonds is 1. The van der Waals surface area contributed by atoms with Gasteiger partial charge in [-0.05, 0) is 23.3 Å². The fourth-order valence-electron chi connectivity index (χ4n) is 1.65. The zero-order valence-electron chi connectivity index (χ0n) is 8.07. The second kappa shape index (κ2) is 3.50. The number of benzene rings is 2. The predicted octanol–water partition coefficient (Wildman–Crippen LogP) is 2.44. The first-order valence-corrected chi connectivity index (χ1v) is 4.54. The lowest BCUT2D eigenvalue weighted by Crippen LogP contribution is -1.92. The molecule has 0 saturated carbocycles. The van der Waals surface area contributed by atoms with Crippen LogP contribution in [0.5, 0.6) is 0 Å². The SMILES string of the molecule is Cc1ccc2ccccc2c1C=NN. The number of fused-ring (bicyclic) bond motifs is 1. The maximum atomic E-state index is 5.19. The smallest absolute Gasteiger partial charge is 0.0546 e. The molecule has 2 rings (SSSR count). The molecule has 0 aliphatic heterocycles. The summed E-state index contributed by atoms with van der Waals surface area (Å²) in [6.07, 6.45) is 1.71. The zero-order chi connectivity index (χ0) is 9.97. The van der Waals surface area contributed by atoms with Gasteiger partial charge in [-0.1, -0.05) is 36.4 Å². The Morgan fingerprint density at radius 2 is 1.93 bits per heavy atom. The highest BCUT2D eigenvalue weighted by atomic mass is 15.1. The van der Waals surface area contributed by atoms with Crippen LogP contribution in [0, 0.1) is 6.92 Å². The van der Waals surface area contributed by atoms with Gasteiger partial charge < -0.3 is 5.84 Å². The van der Waals surface area contributed by atoms with Gasteiger partial charge in [0.15, 0.2) is 0 Å². The molecule has 2 N–H and O–H groups in total. The minimum atomic E-state index is 1.10. The highest BCUT2D eigenvalue weighted by Crippen LogP contribution is 2.20. The first-order chi connectivity index (χ1) is 6.83. The van der Waals surface area contributed by atoms with Crippen LogP contribution < -0.4 is 5.84 Å². The second-order valence-corrected chi connectivity index (χ2v) is 3.30. The van der Waals surface area contributed by atoms with Crippen molar-refractivity contribution < 1.29 is 0 Å². The van der Waals surface area contributed by atoms with E-state index >= 15 is 0 Å². The normalized spacial score (nSPS) is 11.2. The molecule has 0 amide bonds. The minimum Gasteiger partial charge on any atom is -0.323 e. The molecule has 0 heterocycles. The second-order valence-electron chi connectivity index (χ2n) is 3.30. The summed E-state index contributed by atoms with van der Waals surface area (Å²) in [6, 6.07) is 12.4. The first-order valence-electron chi connectivity index (χ1n) is 4.54. The Hall–Kier alpha value is -1.83. The van der Waals surface area contributed by atoms with Crippen LogP contribution in [0.1, 0.15) is 11.1 Å². The maximum absolute atomic E-state index is 5.19. The van der Waals surface area contributed by atoms with Crippen LogP contribution >= 0.6 is 0 Å². The van der Waals surface area contributed by atoms with Crippen molar-refractivity contribution >= 4 is 17.0 Å². The summed E-state index contributed by atoms with van der Waals surface area (Å²) in [5.74, 6) is 5.19. The summed E-state index contributed by atoms with van der Waals surface area (Å²) < 4.78 is 0. The van der Waals surface area contributed by atoms with Crippen molar-refractivity contribution in [3.63, 3.8) is 0 Å². The van der Waals surface area contributed by atoms with Gasteiger partial charge in [-0.25, -0.2) is 0 Å². The van der Waals surface area contributed by atoms with Crippen molar-refractivity contribution in [3.8, 4) is 0 Å². The van der Waals surface area contributed by atoms with Gasteiger partial charge in [-0.15, -0.1) is 0 Å². The lowest BCUT2D eigenvalue weighted by molar-refractivity contribution is 1.26. The molecular weight excluding hydrogens is 172 g/mol. The quantitative estimate of drug-likeness (QED) is 0.412. The highest BCUT2D eigenvalue weighted by Gasteiger charge is 2.00. The lowest BCUT2D eigenvalue weighted by Gasteiger charge is -2.04. The molecule has 0 aliphatic carbocycles. The molecule has 14 heavy (non-hydrogen) atoms. The third kappa shape index (κ3) is 1.35. The van der Waals surface area contributed by atoms with E-state index in [9.17, 15) is 0 Å². The standard InChI is InChI=1S/C12H12N2/c1-9-6-7-10-4-2-3-5-11(10)12(9)8-14-13/h2-8H,13H2,1H3. The number of aryl methyl sites for hydroxylation is 1.